The minimum Gasteiger partial charge on any atom is -0.404 e. The average molecular weight is 222 g/mol. The predicted octanol–water partition coefficient (Wildman–Crippen LogP) is 2.48. The van der Waals surface area contributed by atoms with Crippen molar-refractivity contribution in [3.63, 3.8) is 0 Å². The summed E-state index contributed by atoms with van der Waals surface area (Å²) >= 11 is 5.83. The summed E-state index contributed by atoms with van der Waals surface area (Å²) in [6, 6.07) is 7.48. The highest BCUT2D eigenvalue weighted by Gasteiger charge is 1.96. The molecule has 1 heterocycles. The molecule has 76 valence electrons. The van der Waals surface area contributed by atoms with E-state index in [1.807, 2.05) is 30.3 Å². The summed E-state index contributed by atoms with van der Waals surface area (Å²) in [6.45, 7) is 0. The van der Waals surface area contributed by atoms with Crippen molar-refractivity contribution in [2.45, 2.75) is 0 Å². The van der Waals surface area contributed by atoms with Gasteiger partial charge in [-0.1, -0.05) is 28.8 Å². The van der Waals surface area contributed by atoms with E-state index in [2.05, 4.69) is 10.2 Å². The SMILES string of the molecule is Nc1nnc(C=Cc2cccc(Cl)c2)o1. The molecule has 0 amide bonds. The number of benzene rings is 1. The first-order valence-electron chi connectivity index (χ1n) is 4.27. The molecule has 4 nitrogen and oxygen atoms in total. The molecular formula is C10H8ClN3O. The van der Waals surface area contributed by atoms with Crippen molar-refractivity contribution in [3.8, 4) is 0 Å². The van der Waals surface area contributed by atoms with E-state index in [9.17, 15) is 0 Å². The van der Waals surface area contributed by atoms with Crippen LogP contribution >= 0.6 is 11.6 Å². The highest BCUT2D eigenvalue weighted by molar-refractivity contribution is 6.30. The van der Waals surface area contributed by atoms with Gasteiger partial charge in [0.05, 0.1) is 0 Å². The lowest BCUT2D eigenvalue weighted by molar-refractivity contribution is 0.563. The first kappa shape index (κ1) is 9.73. The van der Waals surface area contributed by atoms with Gasteiger partial charge in [-0.3, -0.25) is 0 Å². The Hall–Kier alpha value is -1.81. The molecule has 0 radical (unpaired) electrons. The minimum absolute atomic E-state index is 0.0562. The molecule has 2 rings (SSSR count). The van der Waals surface area contributed by atoms with E-state index in [4.69, 9.17) is 21.8 Å². The number of anilines is 1. The number of rotatable bonds is 2. The molecular weight excluding hydrogens is 214 g/mol. The second kappa shape index (κ2) is 4.14. The van der Waals surface area contributed by atoms with Gasteiger partial charge in [-0.15, -0.1) is 5.10 Å². The first-order valence-corrected chi connectivity index (χ1v) is 4.64. The molecule has 0 bridgehead atoms. The third-order valence-electron chi connectivity index (χ3n) is 1.72. The van der Waals surface area contributed by atoms with Crippen LogP contribution in [0, 0.1) is 0 Å². The Labute approximate surface area is 91.4 Å². The number of nitrogen functional groups attached to an aromatic ring is 1. The molecule has 0 unspecified atom stereocenters. The normalized spacial score (nSPS) is 11.0. The molecule has 2 aromatic rings. The van der Waals surface area contributed by atoms with Crippen LogP contribution in [0.25, 0.3) is 12.2 Å². The van der Waals surface area contributed by atoms with Crippen molar-refractivity contribution in [1.29, 1.82) is 0 Å². The Morgan fingerprint density at radius 3 is 2.80 bits per heavy atom. The molecule has 0 saturated carbocycles. The Kier molecular flexibility index (Phi) is 2.69. The highest BCUT2D eigenvalue weighted by atomic mass is 35.5. The molecule has 0 atom stereocenters. The molecule has 0 aliphatic heterocycles. The number of hydrogen-bond acceptors (Lipinski definition) is 4. The average Bonchev–Trinajstić information content (AvgIpc) is 2.62. The maximum Gasteiger partial charge on any atom is 0.313 e. The number of hydrogen-bond donors (Lipinski definition) is 1. The quantitative estimate of drug-likeness (QED) is 0.846. The van der Waals surface area contributed by atoms with Crippen molar-refractivity contribution >= 4 is 29.8 Å². The Morgan fingerprint density at radius 2 is 2.13 bits per heavy atom. The van der Waals surface area contributed by atoms with Gasteiger partial charge >= 0.3 is 6.01 Å². The molecule has 1 aromatic heterocycles. The van der Waals surface area contributed by atoms with Gasteiger partial charge in [0.2, 0.25) is 5.89 Å². The monoisotopic (exact) mass is 221 g/mol. The lowest BCUT2D eigenvalue weighted by atomic mass is 10.2. The highest BCUT2D eigenvalue weighted by Crippen LogP contribution is 2.13. The smallest absolute Gasteiger partial charge is 0.313 e. The van der Waals surface area contributed by atoms with Crippen molar-refractivity contribution in [1.82, 2.24) is 10.2 Å². The van der Waals surface area contributed by atoms with Gasteiger partial charge in [0.25, 0.3) is 0 Å². The summed E-state index contributed by atoms with van der Waals surface area (Å²) in [6.07, 6.45) is 3.49. The third-order valence-corrected chi connectivity index (χ3v) is 1.96. The van der Waals surface area contributed by atoms with Crippen LogP contribution < -0.4 is 5.73 Å². The van der Waals surface area contributed by atoms with Gasteiger partial charge in [-0.2, -0.15) is 0 Å². The van der Waals surface area contributed by atoms with Crippen molar-refractivity contribution < 1.29 is 4.42 Å². The van der Waals surface area contributed by atoms with Crippen LogP contribution in [0.15, 0.2) is 28.7 Å². The zero-order valence-corrected chi connectivity index (χ0v) is 8.48. The second-order valence-corrected chi connectivity index (χ2v) is 3.30. The van der Waals surface area contributed by atoms with Gasteiger partial charge in [0.1, 0.15) is 0 Å². The minimum atomic E-state index is 0.0562. The third kappa shape index (κ3) is 2.57. The van der Waals surface area contributed by atoms with Crippen LogP contribution in [0.2, 0.25) is 5.02 Å². The van der Waals surface area contributed by atoms with Crippen LogP contribution in [-0.2, 0) is 0 Å². The molecule has 0 fully saturated rings. The molecule has 1 aromatic carbocycles. The summed E-state index contributed by atoms with van der Waals surface area (Å²) in [5, 5.41) is 7.90. The Balaban J connectivity index is 2.18. The fraction of sp³-hybridized carbons (Fsp3) is 0. The topological polar surface area (TPSA) is 64.9 Å². The van der Waals surface area contributed by atoms with E-state index in [-0.39, 0.29) is 6.01 Å². The standard InChI is InChI=1S/C10H8ClN3O/c11-8-3-1-2-7(6-8)4-5-9-13-14-10(12)15-9/h1-6H,(H2,12,14). The van der Waals surface area contributed by atoms with E-state index in [1.54, 1.807) is 6.08 Å². The summed E-state index contributed by atoms with van der Waals surface area (Å²) < 4.78 is 4.97. The lowest BCUT2D eigenvalue weighted by Gasteiger charge is -1.92. The maximum absolute atomic E-state index is 5.83. The van der Waals surface area contributed by atoms with E-state index in [0.29, 0.717) is 10.9 Å². The van der Waals surface area contributed by atoms with Crippen molar-refractivity contribution in [3.05, 3.63) is 40.7 Å². The van der Waals surface area contributed by atoms with E-state index in [0.717, 1.165) is 5.56 Å². The van der Waals surface area contributed by atoms with Crippen LogP contribution in [0.1, 0.15) is 11.5 Å². The van der Waals surface area contributed by atoms with Crippen LogP contribution in [0.3, 0.4) is 0 Å². The van der Waals surface area contributed by atoms with Gasteiger partial charge < -0.3 is 10.2 Å². The number of nitrogens with two attached hydrogens (primary N) is 1. The summed E-state index contributed by atoms with van der Waals surface area (Å²) in [5.41, 5.74) is 6.23. The predicted molar refractivity (Wildman–Crippen MR) is 59.1 cm³/mol. The summed E-state index contributed by atoms with van der Waals surface area (Å²) in [4.78, 5) is 0. The first-order chi connectivity index (χ1) is 7.24. The molecule has 0 saturated heterocycles. The fourth-order valence-electron chi connectivity index (χ4n) is 1.09. The van der Waals surface area contributed by atoms with Crippen molar-refractivity contribution in [2.24, 2.45) is 0 Å². The Bertz CT molecular complexity index is 493. The molecule has 0 aliphatic carbocycles. The number of halogens is 1. The zero-order valence-electron chi connectivity index (χ0n) is 7.72. The van der Waals surface area contributed by atoms with E-state index in [1.165, 1.54) is 0 Å². The van der Waals surface area contributed by atoms with Gasteiger partial charge in [0.15, 0.2) is 0 Å². The molecule has 5 heteroatoms. The largest absolute Gasteiger partial charge is 0.404 e. The van der Waals surface area contributed by atoms with Gasteiger partial charge in [-0.25, -0.2) is 0 Å². The van der Waals surface area contributed by atoms with Crippen LogP contribution in [-0.4, -0.2) is 10.2 Å². The number of aromatic nitrogens is 2. The fourth-order valence-corrected chi connectivity index (χ4v) is 1.29. The second-order valence-electron chi connectivity index (χ2n) is 2.87. The molecule has 0 spiro atoms. The van der Waals surface area contributed by atoms with Crippen LogP contribution in [0.4, 0.5) is 6.01 Å². The van der Waals surface area contributed by atoms with Gasteiger partial charge in [0, 0.05) is 11.1 Å². The van der Waals surface area contributed by atoms with E-state index >= 15 is 0 Å². The maximum atomic E-state index is 5.83. The summed E-state index contributed by atoms with van der Waals surface area (Å²) in [7, 11) is 0. The van der Waals surface area contributed by atoms with E-state index < -0.39 is 0 Å². The lowest BCUT2D eigenvalue weighted by Crippen LogP contribution is -1.81. The van der Waals surface area contributed by atoms with Gasteiger partial charge in [-0.05, 0) is 23.8 Å². The zero-order chi connectivity index (χ0) is 10.7. The Morgan fingerprint density at radius 1 is 1.27 bits per heavy atom. The number of nitrogens with zero attached hydrogens (tertiary/aromatic N) is 2. The van der Waals surface area contributed by atoms with Crippen molar-refractivity contribution in [2.75, 3.05) is 5.73 Å². The van der Waals surface area contributed by atoms with Crippen LogP contribution in [0.5, 0.6) is 0 Å². The molecule has 2 N–H and O–H groups in total. The summed E-state index contributed by atoms with van der Waals surface area (Å²) in [5.74, 6) is 0.368. The molecule has 15 heavy (non-hydrogen) atoms. The molecule has 0 aliphatic rings.